The quantitative estimate of drug-likeness (QED) is 0.283. The van der Waals surface area contributed by atoms with E-state index in [0.717, 1.165) is 11.5 Å². The molecule has 0 N–H and O–H groups in total. The van der Waals surface area contributed by atoms with Gasteiger partial charge in [-0.15, -0.1) is 0 Å². The highest BCUT2D eigenvalue weighted by Crippen LogP contribution is 2.51. The van der Waals surface area contributed by atoms with Crippen LogP contribution in [0.4, 0.5) is 0 Å². The lowest BCUT2D eigenvalue weighted by molar-refractivity contribution is 0.364. The maximum absolute atomic E-state index is 9.87. The van der Waals surface area contributed by atoms with Crippen LogP contribution in [0, 0.1) is 11.8 Å². The minimum Gasteiger partial charge on any atom is -0.0754 e. The predicted octanol–water partition coefficient (Wildman–Crippen LogP) is 9.37. The van der Waals surface area contributed by atoms with E-state index in [1.807, 2.05) is 12.1 Å². The van der Waals surface area contributed by atoms with Crippen molar-refractivity contribution in [2.24, 2.45) is 11.8 Å². The molecule has 34 heavy (non-hydrogen) atoms. The van der Waals surface area contributed by atoms with Crippen LogP contribution in [-0.2, 0) is 0 Å². The number of fused-ring (bicyclic) bond motifs is 4. The average Bonchev–Trinajstić information content (AvgIpc) is 3.04. The molecule has 0 nitrogen and oxygen atoms in total. The normalized spacial score (nSPS) is 42.2. The van der Waals surface area contributed by atoms with Gasteiger partial charge in [-0.2, -0.15) is 0 Å². The Bertz CT molecular complexity index is 2180. The van der Waals surface area contributed by atoms with E-state index in [4.69, 9.17) is 11.0 Å². The van der Waals surface area contributed by atoms with Crippen molar-refractivity contribution in [2.45, 2.75) is 38.2 Å². The molecular formula is C34H30. The van der Waals surface area contributed by atoms with E-state index >= 15 is 0 Å². The van der Waals surface area contributed by atoms with E-state index in [2.05, 4.69) is 0 Å². The molecule has 1 saturated carbocycles. The fourth-order valence-corrected chi connectivity index (χ4v) is 4.92. The summed E-state index contributed by atoms with van der Waals surface area (Å²) in [6.45, 7) is 0. The number of allylic oxidation sites excluding steroid dienone is 6. The molecule has 0 aromatic heterocycles. The molecule has 0 radical (unpaired) electrons. The van der Waals surface area contributed by atoms with Crippen molar-refractivity contribution in [3.05, 3.63) is 119 Å². The third-order valence-corrected chi connectivity index (χ3v) is 6.47. The average molecular weight is 454 g/mol. The van der Waals surface area contributed by atoms with Crippen molar-refractivity contribution in [2.75, 3.05) is 0 Å². The molecule has 0 saturated heterocycles. The summed E-state index contributed by atoms with van der Waals surface area (Å²) in [4.78, 5) is 0. The summed E-state index contributed by atoms with van der Waals surface area (Å²) in [5.74, 6) is -7.01. The molecule has 0 spiro atoms. The maximum Gasteiger partial charge on any atom is 0.0583 e. The van der Waals surface area contributed by atoms with Gasteiger partial charge in [-0.05, 0) is 93.0 Å². The van der Waals surface area contributed by atoms with Crippen LogP contribution in [0.3, 0.4) is 0 Å². The van der Waals surface area contributed by atoms with Gasteiger partial charge in [-0.25, -0.2) is 0 Å². The van der Waals surface area contributed by atoms with Gasteiger partial charge in [0.05, 0.1) is 1.37 Å². The number of hydrogen-bond acceptors (Lipinski definition) is 0. The van der Waals surface area contributed by atoms with Gasteiger partial charge in [0.2, 0.25) is 0 Å². The van der Waals surface area contributed by atoms with Gasteiger partial charge in [0.25, 0.3) is 0 Å². The molecule has 0 amide bonds. The summed E-state index contributed by atoms with van der Waals surface area (Å²) in [5.41, 5.74) is -0.956. The first-order valence-corrected chi connectivity index (χ1v) is 11.2. The molecule has 0 aliphatic heterocycles. The SMILES string of the molecule is [2H]C1=C(c2cccc3ccccc23)C(c2cccc3ccccc23)=C2C=C3C([2H])([2H])C([2H])([2H])C([2H])([2H])C([2H])([2H])C3([2H])C([2H])([2H])C2([2H])C1([2H])[2H]. The van der Waals surface area contributed by atoms with Gasteiger partial charge >= 0.3 is 0 Å². The van der Waals surface area contributed by atoms with Crippen molar-refractivity contribution >= 4 is 32.7 Å². The molecule has 1 fully saturated rings. The smallest absolute Gasteiger partial charge is 0.0583 e. The second kappa shape index (κ2) is 8.13. The van der Waals surface area contributed by atoms with Gasteiger partial charge in [-0.1, -0.05) is 109 Å². The second-order valence-electron chi connectivity index (χ2n) is 8.40. The molecule has 3 aliphatic rings. The fraction of sp³-hybridized carbons (Fsp3) is 0.235. The molecule has 4 aromatic carbocycles. The Labute approximate surface area is 223 Å². The number of benzene rings is 4. The third kappa shape index (κ3) is 3.20. The zero-order valence-corrected chi connectivity index (χ0v) is 18.2. The fourth-order valence-electron chi connectivity index (χ4n) is 4.92. The minimum atomic E-state index is -3.83. The van der Waals surface area contributed by atoms with Crippen molar-refractivity contribution in [3.63, 3.8) is 0 Å². The second-order valence-corrected chi connectivity index (χ2v) is 8.40. The standard InChI is InChI=1S/C34H30/c1-2-12-26-22-33-27(21-25(26)11-1)19-20-32(30-17-7-13-23-9-3-5-15-28(23)30)34(33)31-18-8-14-24-10-4-6-16-29(24)31/h3-10,13-18,20,22,25,27H,1-2,11-12,19,21H2/i1D2,2D2,11D2,12D2,19D2,20D,21D2,25D,27D. The molecule has 0 heterocycles. The Morgan fingerprint density at radius 3 is 2.21 bits per heavy atom. The number of hydrogen-bond donors (Lipinski definition) is 0. The minimum absolute atomic E-state index is 0.0211. The first-order chi connectivity index (χ1) is 22.6. The summed E-state index contributed by atoms with van der Waals surface area (Å²) < 4.78 is 136. The lowest BCUT2D eigenvalue weighted by Gasteiger charge is -2.38. The van der Waals surface area contributed by atoms with Gasteiger partial charge < -0.3 is 0 Å². The molecular weight excluding hydrogens is 408 g/mol. The lowest BCUT2D eigenvalue weighted by atomic mass is 9.66. The van der Waals surface area contributed by atoms with E-state index in [1.165, 1.54) is 0 Å². The van der Waals surface area contributed by atoms with E-state index < -0.39 is 67.2 Å². The Balaban J connectivity index is 1.76. The van der Waals surface area contributed by atoms with Crippen molar-refractivity contribution in [3.8, 4) is 0 Å². The van der Waals surface area contributed by atoms with Gasteiger partial charge in [0.1, 0.15) is 0 Å². The van der Waals surface area contributed by atoms with E-state index in [9.17, 15) is 9.60 Å². The Hall–Kier alpha value is -3.38. The van der Waals surface area contributed by atoms with Crippen LogP contribution in [-0.4, -0.2) is 0 Å². The van der Waals surface area contributed by atoms with Gasteiger partial charge in [-0.3, -0.25) is 0 Å². The zero-order valence-electron chi connectivity index (χ0n) is 33.2. The van der Waals surface area contributed by atoms with Gasteiger partial charge in [0, 0.05) is 19.2 Å². The Kier molecular flexibility index (Phi) is 2.41. The Morgan fingerprint density at radius 1 is 0.735 bits per heavy atom. The molecule has 0 heteroatoms. The van der Waals surface area contributed by atoms with Crippen LogP contribution in [0.1, 0.15) is 69.9 Å². The highest BCUT2D eigenvalue weighted by atomic mass is 14.4. The molecule has 2 unspecified atom stereocenters. The summed E-state index contributed by atoms with van der Waals surface area (Å²) in [6.07, 6.45) is -21.1. The van der Waals surface area contributed by atoms with Crippen LogP contribution >= 0.6 is 0 Å². The van der Waals surface area contributed by atoms with Crippen LogP contribution in [0.2, 0.25) is 0 Å². The first-order valence-electron chi connectivity index (χ1n) is 18.7. The third-order valence-electron chi connectivity index (χ3n) is 6.47. The Morgan fingerprint density at radius 2 is 1.41 bits per heavy atom. The topological polar surface area (TPSA) is 0 Å². The van der Waals surface area contributed by atoms with Gasteiger partial charge in [0.15, 0.2) is 0 Å². The molecule has 166 valence electrons. The predicted molar refractivity (Wildman–Crippen MR) is 146 cm³/mol. The highest BCUT2D eigenvalue weighted by Gasteiger charge is 2.34. The van der Waals surface area contributed by atoms with E-state index in [1.54, 1.807) is 72.8 Å². The summed E-state index contributed by atoms with van der Waals surface area (Å²) in [7, 11) is 0. The van der Waals surface area contributed by atoms with E-state index in [-0.39, 0.29) is 11.1 Å². The maximum atomic E-state index is 9.87. The number of rotatable bonds is 2. The van der Waals surface area contributed by atoms with Crippen LogP contribution in [0.5, 0.6) is 0 Å². The molecule has 3 aliphatic carbocycles. The molecule has 4 aromatic rings. The molecule has 7 rings (SSSR count). The van der Waals surface area contributed by atoms with Crippen molar-refractivity contribution in [1.82, 2.24) is 0 Å². The lowest BCUT2D eigenvalue weighted by Crippen LogP contribution is -2.23. The van der Waals surface area contributed by atoms with Crippen LogP contribution in [0.25, 0.3) is 32.7 Å². The summed E-state index contributed by atoms with van der Waals surface area (Å²) in [6, 6.07) is 23.8. The summed E-state index contributed by atoms with van der Waals surface area (Å²) >= 11 is 0. The molecule has 0 bridgehead atoms. The monoisotopic (exact) mass is 453 g/mol. The summed E-state index contributed by atoms with van der Waals surface area (Å²) in [5, 5.41) is 2.61. The largest absolute Gasteiger partial charge is 0.0754 e. The zero-order chi connectivity index (χ0) is 36.0. The molecule has 2 atom stereocenters. The van der Waals surface area contributed by atoms with Crippen LogP contribution < -0.4 is 0 Å². The van der Waals surface area contributed by atoms with Crippen molar-refractivity contribution in [1.29, 1.82) is 0 Å². The first kappa shape index (κ1) is 10.1. The highest BCUT2D eigenvalue weighted by molar-refractivity contribution is 6.16. The van der Waals surface area contributed by atoms with E-state index in [0.29, 0.717) is 27.3 Å². The van der Waals surface area contributed by atoms with Crippen LogP contribution in [0.15, 0.2) is 108 Å². The van der Waals surface area contributed by atoms with Crippen molar-refractivity contribution < 1.29 is 20.6 Å².